The molecule has 7 nitrogen and oxygen atoms in total. The van der Waals surface area contributed by atoms with Gasteiger partial charge in [-0.15, -0.1) is 5.10 Å². The van der Waals surface area contributed by atoms with Crippen LogP contribution >= 0.6 is 11.6 Å². The van der Waals surface area contributed by atoms with E-state index in [1.807, 2.05) is 0 Å². The van der Waals surface area contributed by atoms with Crippen LogP contribution in [0.4, 0.5) is 13.2 Å². The molecule has 144 valence electrons. The van der Waals surface area contributed by atoms with Gasteiger partial charge in [-0.1, -0.05) is 11.6 Å². The summed E-state index contributed by atoms with van der Waals surface area (Å²) in [6, 6.07) is 5.88. The van der Waals surface area contributed by atoms with Crippen LogP contribution in [0, 0.1) is 0 Å². The van der Waals surface area contributed by atoms with Gasteiger partial charge in [-0.05, 0) is 24.3 Å². The number of carbonyl (C=O) groups excluding carboxylic acids is 1. The molecule has 0 spiro atoms. The minimum Gasteiger partial charge on any atom is -0.388 e. The van der Waals surface area contributed by atoms with Crippen LogP contribution in [0.2, 0.25) is 5.02 Å². The fourth-order valence-electron chi connectivity index (χ4n) is 1.88. The molecule has 1 aromatic carbocycles. The third-order valence-corrected chi connectivity index (χ3v) is 3.26. The van der Waals surface area contributed by atoms with Crippen molar-refractivity contribution in [3.63, 3.8) is 0 Å². The van der Waals surface area contributed by atoms with Crippen LogP contribution in [0.15, 0.2) is 29.1 Å². The van der Waals surface area contributed by atoms with Gasteiger partial charge in [0, 0.05) is 24.8 Å². The number of nitrogens with zero attached hydrogens (tertiary/aromatic N) is 3. The Kier molecular flexibility index (Phi) is 8.00. The second kappa shape index (κ2) is 9.51. The van der Waals surface area contributed by atoms with Crippen molar-refractivity contribution in [3.8, 4) is 11.4 Å². The molecule has 26 heavy (non-hydrogen) atoms. The van der Waals surface area contributed by atoms with E-state index in [9.17, 15) is 27.9 Å². The molecule has 1 aromatic heterocycles. The van der Waals surface area contributed by atoms with E-state index in [-0.39, 0.29) is 5.82 Å². The lowest BCUT2D eigenvalue weighted by atomic mass is 10.2. The summed E-state index contributed by atoms with van der Waals surface area (Å²) >= 11 is 5.74. The summed E-state index contributed by atoms with van der Waals surface area (Å²) in [5.41, 5.74) is -0.601. The number of hydrogen-bond donors (Lipinski definition) is 1. The zero-order valence-electron chi connectivity index (χ0n) is 13.9. The molecule has 0 saturated carbocycles. The molecule has 0 bridgehead atoms. The summed E-state index contributed by atoms with van der Waals surface area (Å²) in [5, 5.41) is 13.4. The number of ether oxygens (including phenoxy) is 1. The zero-order valence-corrected chi connectivity index (χ0v) is 14.7. The fourth-order valence-corrected chi connectivity index (χ4v) is 2.01. The Balaban J connectivity index is 0.00000105. The lowest BCUT2D eigenvalue weighted by Crippen LogP contribution is -2.37. The van der Waals surface area contributed by atoms with E-state index in [1.165, 1.54) is 24.3 Å². The Hall–Kier alpha value is -2.17. The normalized spacial score (nSPS) is 12.3. The first-order valence-electron chi connectivity index (χ1n) is 7.17. The molecular weight excluding hydrogens is 379 g/mol. The number of aliphatic hydroxyl groups is 1. The van der Waals surface area contributed by atoms with Crippen molar-refractivity contribution in [1.82, 2.24) is 14.3 Å². The summed E-state index contributed by atoms with van der Waals surface area (Å²) in [6.45, 7) is -1.44. The molecule has 1 unspecified atom stereocenters. The quantitative estimate of drug-likeness (QED) is 0.779. The lowest BCUT2D eigenvalue weighted by Gasteiger charge is -2.15. The third-order valence-electron chi connectivity index (χ3n) is 3.01. The van der Waals surface area contributed by atoms with Crippen LogP contribution in [-0.4, -0.2) is 52.2 Å². The van der Waals surface area contributed by atoms with Crippen molar-refractivity contribution in [3.05, 3.63) is 39.8 Å². The Bertz CT molecular complexity index is 772. The predicted octanol–water partition coefficient (Wildman–Crippen LogP) is 1.75. The van der Waals surface area contributed by atoms with Crippen LogP contribution in [0.1, 0.15) is 0 Å². The van der Waals surface area contributed by atoms with E-state index < -0.39 is 31.1 Å². The number of carbonyl (C=O) groups is 1. The summed E-state index contributed by atoms with van der Waals surface area (Å²) < 4.78 is 43.3. The first-order valence-corrected chi connectivity index (χ1v) is 7.55. The number of aromatic nitrogens is 3. The van der Waals surface area contributed by atoms with Crippen molar-refractivity contribution in [2.75, 3.05) is 14.2 Å². The van der Waals surface area contributed by atoms with Crippen LogP contribution in [0.3, 0.4) is 0 Å². The van der Waals surface area contributed by atoms with Crippen molar-refractivity contribution in [2.24, 2.45) is 0 Å². The SMILES string of the molecule is COC.O=CCn1nc(-c2ccc(Cl)cc2)n(CC(O)C(F)(F)F)c1=O. The Morgan fingerprint density at radius 2 is 1.85 bits per heavy atom. The van der Waals surface area contributed by atoms with E-state index >= 15 is 0 Å². The first-order chi connectivity index (χ1) is 12.1. The summed E-state index contributed by atoms with van der Waals surface area (Å²) in [7, 11) is 3.25. The second-order valence-electron chi connectivity index (χ2n) is 5.04. The van der Waals surface area contributed by atoms with Crippen molar-refractivity contribution in [1.29, 1.82) is 0 Å². The van der Waals surface area contributed by atoms with Gasteiger partial charge in [-0.3, -0.25) is 4.57 Å². The minimum atomic E-state index is -4.89. The lowest BCUT2D eigenvalue weighted by molar-refractivity contribution is -0.207. The molecular formula is C15H17ClF3N3O4. The van der Waals surface area contributed by atoms with E-state index in [0.717, 1.165) is 4.68 Å². The molecule has 0 amide bonds. The van der Waals surface area contributed by atoms with E-state index in [0.29, 0.717) is 21.4 Å². The maximum absolute atomic E-state index is 12.5. The van der Waals surface area contributed by atoms with Gasteiger partial charge >= 0.3 is 11.9 Å². The highest BCUT2D eigenvalue weighted by Crippen LogP contribution is 2.23. The summed E-state index contributed by atoms with van der Waals surface area (Å²) in [6.07, 6.45) is -7.23. The Morgan fingerprint density at radius 1 is 1.31 bits per heavy atom. The maximum Gasteiger partial charge on any atom is 0.416 e. The Labute approximate surface area is 151 Å². The standard InChI is InChI=1S/C13H11ClF3N3O3.C2H6O/c14-9-3-1-8(2-4-9)11-18-20(5-6-21)12(23)19(11)7-10(22)13(15,16)17;1-3-2/h1-4,6,10,22H,5,7H2;1-2H3. The van der Waals surface area contributed by atoms with Crippen molar-refractivity contribution in [2.45, 2.75) is 25.4 Å². The molecule has 1 N–H and O–H groups in total. The molecule has 0 fully saturated rings. The highest BCUT2D eigenvalue weighted by molar-refractivity contribution is 6.30. The molecule has 2 aromatic rings. The van der Waals surface area contributed by atoms with Gasteiger partial charge in [0.15, 0.2) is 11.9 Å². The van der Waals surface area contributed by atoms with Gasteiger partial charge in [-0.2, -0.15) is 13.2 Å². The van der Waals surface area contributed by atoms with E-state index in [4.69, 9.17) is 11.6 Å². The number of aldehydes is 1. The molecule has 0 radical (unpaired) electrons. The van der Waals surface area contributed by atoms with Crippen LogP contribution < -0.4 is 5.69 Å². The van der Waals surface area contributed by atoms with Gasteiger partial charge in [0.1, 0.15) is 12.8 Å². The molecule has 0 aliphatic heterocycles. The van der Waals surface area contributed by atoms with Crippen LogP contribution in [0.5, 0.6) is 0 Å². The summed E-state index contributed by atoms with van der Waals surface area (Å²) in [4.78, 5) is 22.6. The summed E-state index contributed by atoms with van der Waals surface area (Å²) in [5.74, 6) is -0.100. The van der Waals surface area contributed by atoms with Crippen LogP contribution in [-0.2, 0) is 22.6 Å². The molecule has 11 heteroatoms. The van der Waals surface area contributed by atoms with Crippen molar-refractivity contribution >= 4 is 17.9 Å². The molecule has 0 aliphatic rings. The number of benzene rings is 1. The third kappa shape index (κ3) is 5.68. The molecule has 1 heterocycles. The highest BCUT2D eigenvalue weighted by Gasteiger charge is 2.39. The topological polar surface area (TPSA) is 86.3 Å². The monoisotopic (exact) mass is 395 g/mol. The molecule has 2 rings (SSSR count). The van der Waals surface area contributed by atoms with Gasteiger partial charge < -0.3 is 14.6 Å². The average Bonchev–Trinajstić information content (AvgIpc) is 2.85. The van der Waals surface area contributed by atoms with Gasteiger partial charge in [0.25, 0.3) is 0 Å². The van der Waals surface area contributed by atoms with E-state index in [1.54, 1.807) is 14.2 Å². The van der Waals surface area contributed by atoms with Gasteiger partial charge in [0.2, 0.25) is 0 Å². The van der Waals surface area contributed by atoms with Crippen LogP contribution in [0.25, 0.3) is 11.4 Å². The smallest absolute Gasteiger partial charge is 0.388 e. The molecule has 0 saturated heterocycles. The minimum absolute atomic E-state index is 0.100. The number of rotatable bonds is 5. The van der Waals surface area contributed by atoms with Gasteiger partial charge in [0.05, 0.1) is 6.54 Å². The van der Waals surface area contributed by atoms with Crippen molar-refractivity contribution < 1.29 is 27.8 Å². The highest BCUT2D eigenvalue weighted by atomic mass is 35.5. The number of hydrogen-bond acceptors (Lipinski definition) is 5. The first kappa shape index (κ1) is 21.9. The number of aliphatic hydroxyl groups excluding tert-OH is 1. The van der Waals surface area contributed by atoms with Gasteiger partial charge in [-0.25, -0.2) is 9.48 Å². The molecule has 0 aliphatic carbocycles. The second-order valence-corrected chi connectivity index (χ2v) is 5.47. The largest absolute Gasteiger partial charge is 0.416 e. The number of halogens is 4. The predicted molar refractivity (Wildman–Crippen MR) is 88.0 cm³/mol. The fraction of sp³-hybridized carbons (Fsp3) is 0.400. The van der Waals surface area contributed by atoms with E-state index in [2.05, 4.69) is 9.84 Å². The average molecular weight is 396 g/mol. The zero-order chi connectivity index (χ0) is 19.9. The Morgan fingerprint density at radius 3 is 2.31 bits per heavy atom. The number of methoxy groups -OCH3 is 1. The molecule has 1 atom stereocenters. The number of alkyl halides is 3. The maximum atomic E-state index is 12.5.